The van der Waals surface area contributed by atoms with Crippen LogP contribution >= 0.6 is 0 Å². The van der Waals surface area contributed by atoms with Crippen molar-refractivity contribution in [2.45, 2.75) is 6.92 Å². The molecule has 0 bridgehead atoms. The summed E-state index contributed by atoms with van der Waals surface area (Å²) < 4.78 is 7.33. The van der Waals surface area contributed by atoms with Gasteiger partial charge in [-0.3, -0.25) is 0 Å². The maximum absolute atomic E-state index is 2.48. The van der Waals surface area contributed by atoms with E-state index >= 15 is 0 Å². The SMILES string of the molecule is Cc1cc(-n2c3ccccc3c3ccccc32)cc(-n2c3ccc(-c4ccccc4)cc3c3c4c5ccccc5n(-c5ccccc5)c4ccc32)c1. The number of rotatable bonds is 4. The maximum Gasteiger partial charge on any atom is 0.0548 e. The van der Waals surface area contributed by atoms with Crippen molar-refractivity contribution in [1.82, 2.24) is 13.7 Å². The first kappa shape index (κ1) is 28.9. The van der Waals surface area contributed by atoms with E-state index in [9.17, 15) is 0 Å². The van der Waals surface area contributed by atoms with Crippen LogP contribution in [0.4, 0.5) is 0 Å². The molecule has 11 rings (SSSR count). The number of hydrogen-bond acceptors (Lipinski definition) is 0. The van der Waals surface area contributed by atoms with E-state index in [-0.39, 0.29) is 0 Å². The van der Waals surface area contributed by atoms with Crippen molar-refractivity contribution < 1.29 is 0 Å². The summed E-state index contributed by atoms with van der Waals surface area (Å²) in [7, 11) is 0. The molecule has 8 aromatic carbocycles. The molecule has 0 saturated heterocycles. The van der Waals surface area contributed by atoms with E-state index in [4.69, 9.17) is 0 Å². The Balaban J connectivity index is 1.27. The molecule has 0 aliphatic heterocycles. The predicted molar refractivity (Wildman–Crippen MR) is 220 cm³/mol. The lowest BCUT2D eigenvalue weighted by atomic mass is 10.0. The standard InChI is InChI=1S/C49H33N3/c1-32-28-36(51-42-21-11-8-18-38(42)39-19-9-12-22-43(39)51)31-37(29-32)52-45-25-24-34(33-14-4-2-5-15-33)30-41(45)49-47(52)27-26-46-48(49)40-20-10-13-23-44(40)50(46)35-16-6-3-7-17-35/h2-31H,1H3. The molecule has 0 fully saturated rings. The highest BCUT2D eigenvalue weighted by Crippen LogP contribution is 2.44. The summed E-state index contributed by atoms with van der Waals surface area (Å²) in [6.45, 7) is 2.22. The maximum atomic E-state index is 2.48. The number of hydrogen-bond donors (Lipinski definition) is 0. The zero-order valence-electron chi connectivity index (χ0n) is 28.7. The Kier molecular flexibility index (Phi) is 6.17. The average Bonchev–Trinajstić information content (AvgIpc) is 3.84. The molecule has 0 aliphatic rings. The van der Waals surface area contributed by atoms with Crippen LogP contribution < -0.4 is 0 Å². The van der Waals surface area contributed by atoms with Crippen molar-refractivity contribution in [2.24, 2.45) is 0 Å². The zero-order valence-corrected chi connectivity index (χ0v) is 28.7. The van der Waals surface area contributed by atoms with E-state index in [1.165, 1.54) is 82.1 Å². The molecule has 0 radical (unpaired) electrons. The fraction of sp³-hybridized carbons (Fsp3) is 0.0204. The molecule has 0 unspecified atom stereocenters. The third-order valence-electron chi connectivity index (χ3n) is 10.8. The summed E-state index contributed by atoms with van der Waals surface area (Å²) in [5.74, 6) is 0. The van der Waals surface area contributed by atoms with Crippen LogP contribution in [-0.2, 0) is 0 Å². The van der Waals surface area contributed by atoms with E-state index in [0.717, 1.165) is 17.1 Å². The highest BCUT2D eigenvalue weighted by Gasteiger charge is 2.22. The first-order valence-corrected chi connectivity index (χ1v) is 17.9. The highest BCUT2D eigenvalue weighted by atomic mass is 15.0. The molecule has 0 saturated carbocycles. The van der Waals surface area contributed by atoms with E-state index in [1.807, 2.05) is 0 Å². The second kappa shape index (κ2) is 11.1. The largest absolute Gasteiger partial charge is 0.309 e. The molecular weight excluding hydrogens is 631 g/mol. The van der Waals surface area contributed by atoms with Gasteiger partial charge in [0.2, 0.25) is 0 Å². The molecule has 0 spiro atoms. The van der Waals surface area contributed by atoms with Crippen LogP contribution in [0.3, 0.4) is 0 Å². The molecule has 3 aromatic heterocycles. The summed E-state index contributed by atoms with van der Waals surface area (Å²) in [5, 5.41) is 7.59. The average molecular weight is 664 g/mol. The van der Waals surface area contributed by atoms with Gasteiger partial charge in [-0.1, -0.05) is 109 Å². The van der Waals surface area contributed by atoms with Gasteiger partial charge in [0.1, 0.15) is 0 Å². The smallest absolute Gasteiger partial charge is 0.0548 e. The summed E-state index contributed by atoms with van der Waals surface area (Å²) >= 11 is 0. The van der Waals surface area contributed by atoms with E-state index in [1.54, 1.807) is 0 Å². The van der Waals surface area contributed by atoms with Gasteiger partial charge in [-0.05, 0) is 96.4 Å². The minimum Gasteiger partial charge on any atom is -0.309 e. The van der Waals surface area contributed by atoms with Crippen LogP contribution in [0.25, 0.3) is 93.6 Å². The van der Waals surface area contributed by atoms with Crippen molar-refractivity contribution in [3.63, 3.8) is 0 Å². The third-order valence-corrected chi connectivity index (χ3v) is 10.8. The van der Waals surface area contributed by atoms with Crippen LogP contribution in [0, 0.1) is 6.92 Å². The van der Waals surface area contributed by atoms with Crippen molar-refractivity contribution in [1.29, 1.82) is 0 Å². The fourth-order valence-electron chi connectivity index (χ4n) is 8.72. The first-order valence-electron chi connectivity index (χ1n) is 17.9. The summed E-state index contributed by atoms with van der Waals surface area (Å²) in [6, 6.07) is 66.5. The minimum atomic E-state index is 1.15. The van der Waals surface area contributed by atoms with Gasteiger partial charge in [-0.15, -0.1) is 0 Å². The molecular formula is C49H33N3. The molecule has 3 nitrogen and oxygen atoms in total. The van der Waals surface area contributed by atoms with E-state index < -0.39 is 0 Å². The summed E-state index contributed by atoms with van der Waals surface area (Å²) in [4.78, 5) is 0. The number of benzene rings is 8. The van der Waals surface area contributed by atoms with E-state index in [0.29, 0.717) is 0 Å². The molecule has 0 N–H and O–H groups in total. The van der Waals surface area contributed by atoms with Crippen molar-refractivity contribution >= 4 is 65.4 Å². The monoisotopic (exact) mass is 663 g/mol. The molecule has 0 amide bonds. The highest BCUT2D eigenvalue weighted by molar-refractivity contribution is 6.29. The molecule has 11 aromatic rings. The van der Waals surface area contributed by atoms with E-state index in [2.05, 4.69) is 203 Å². The van der Waals surface area contributed by atoms with Gasteiger partial charge in [0, 0.05) is 49.4 Å². The Hall–Kier alpha value is -6.84. The molecule has 244 valence electrons. The Morgan fingerprint density at radius 3 is 1.37 bits per heavy atom. The van der Waals surface area contributed by atoms with Crippen molar-refractivity contribution in [3.8, 4) is 28.2 Å². The van der Waals surface area contributed by atoms with Gasteiger partial charge in [0.15, 0.2) is 0 Å². The van der Waals surface area contributed by atoms with Gasteiger partial charge >= 0.3 is 0 Å². The Morgan fingerprint density at radius 2 is 0.731 bits per heavy atom. The van der Waals surface area contributed by atoms with Crippen molar-refractivity contribution in [3.05, 3.63) is 188 Å². The van der Waals surface area contributed by atoms with Crippen LogP contribution in [0.1, 0.15) is 5.56 Å². The van der Waals surface area contributed by atoms with Gasteiger partial charge in [-0.25, -0.2) is 0 Å². The van der Waals surface area contributed by atoms with Gasteiger partial charge < -0.3 is 13.7 Å². The quantitative estimate of drug-likeness (QED) is 0.178. The second-order valence-electron chi connectivity index (χ2n) is 13.9. The van der Waals surface area contributed by atoms with Crippen LogP contribution in [-0.4, -0.2) is 13.7 Å². The lowest BCUT2D eigenvalue weighted by molar-refractivity contribution is 1.12. The topological polar surface area (TPSA) is 14.8 Å². The normalized spacial score (nSPS) is 11.9. The van der Waals surface area contributed by atoms with Crippen LogP contribution in [0.5, 0.6) is 0 Å². The molecule has 0 atom stereocenters. The predicted octanol–water partition coefficient (Wildman–Crippen LogP) is 13.0. The van der Waals surface area contributed by atoms with Crippen LogP contribution in [0.2, 0.25) is 0 Å². The Bertz CT molecular complexity index is 3120. The lowest BCUT2D eigenvalue weighted by Crippen LogP contribution is -2.00. The Morgan fingerprint density at radius 1 is 0.288 bits per heavy atom. The number of nitrogens with zero attached hydrogens (tertiary/aromatic N) is 3. The molecule has 3 heterocycles. The zero-order chi connectivity index (χ0) is 34.3. The minimum absolute atomic E-state index is 1.15. The lowest BCUT2D eigenvalue weighted by Gasteiger charge is -2.14. The number of fused-ring (bicyclic) bond motifs is 10. The Labute approximate surface area is 300 Å². The van der Waals surface area contributed by atoms with Gasteiger partial charge in [-0.2, -0.15) is 0 Å². The first-order chi connectivity index (χ1) is 25.7. The fourth-order valence-corrected chi connectivity index (χ4v) is 8.72. The van der Waals surface area contributed by atoms with Gasteiger partial charge in [0.05, 0.1) is 33.1 Å². The van der Waals surface area contributed by atoms with Gasteiger partial charge in [0.25, 0.3) is 0 Å². The second-order valence-corrected chi connectivity index (χ2v) is 13.9. The third kappa shape index (κ3) is 4.14. The summed E-state index contributed by atoms with van der Waals surface area (Å²) in [5.41, 5.74) is 14.3. The van der Waals surface area contributed by atoms with Crippen molar-refractivity contribution in [2.75, 3.05) is 0 Å². The number of aromatic nitrogens is 3. The molecule has 52 heavy (non-hydrogen) atoms. The molecule has 0 aliphatic carbocycles. The van der Waals surface area contributed by atoms with Crippen LogP contribution in [0.15, 0.2) is 182 Å². The molecule has 3 heteroatoms. The number of aryl methyl sites for hydroxylation is 1. The summed E-state index contributed by atoms with van der Waals surface area (Å²) in [6.07, 6.45) is 0. The number of para-hydroxylation sites is 4.